The first-order chi connectivity index (χ1) is 11.7. The zero-order chi connectivity index (χ0) is 17.4. The van der Waals surface area contributed by atoms with E-state index in [0.29, 0.717) is 18.7 Å². The van der Waals surface area contributed by atoms with Crippen LogP contribution in [0.3, 0.4) is 0 Å². The maximum Gasteiger partial charge on any atom is 0.251 e. The van der Waals surface area contributed by atoms with Gasteiger partial charge in [-0.1, -0.05) is 12.8 Å². The van der Waals surface area contributed by atoms with Crippen molar-refractivity contribution in [2.45, 2.75) is 32.2 Å². The zero-order valence-electron chi connectivity index (χ0n) is 13.8. The molecule has 130 valence electrons. The molecule has 0 saturated carbocycles. The lowest BCUT2D eigenvalue weighted by molar-refractivity contribution is 0.0945. The van der Waals surface area contributed by atoms with Gasteiger partial charge in [-0.25, -0.2) is 0 Å². The molecule has 4 N–H and O–H groups in total. The number of aromatic nitrogens is 1. The number of aliphatic hydroxyl groups is 1. The molecule has 24 heavy (non-hydrogen) atoms. The third-order valence-electron chi connectivity index (χ3n) is 3.99. The average molecular weight is 331 g/mol. The Morgan fingerprint density at radius 3 is 2.67 bits per heavy atom. The summed E-state index contributed by atoms with van der Waals surface area (Å²) in [5.74, 6) is -0.231. The van der Waals surface area contributed by atoms with Gasteiger partial charge >= 0.3 is 0 Å². The summed E-state index contributed by atoms with van der Waals surface area (Å²) in [6.07, 6.45) is 4.06. The van der Waals surface area contributed by atoms with E-state index in [2.05, 4.69) is 5.32 Å². The highest BCUT2D eigenvalue weighted by atomic mass is 16.3. The summed E-state index contributed by atoms with van der Waals surface area (Å²) < 4.78 is 1.76. The largest absolute Gasteiger partial charge is 0.395 e. The monoisotopic (exact) mass is 331 g/mol. The number of fused-ring (bicyclic) bond motifs is 1. The minimum absolute atomic E-state index is 0.0289. The molecule has 0 aliphatic heterocycles. The van der Waals surface area contributed by atoms with Crippen LogP contribution in [0.15, 0.2) is 35.1 Å². The van der Waals surface area contributed by atoms with Crippen molar-refractivity contribution in [2.75, 3.05) is 19.7 Å². The van der Waals surface area contributed by atoms with Crippen LogP contribution >= 0.6 is 0 Å². The number of unbranched alkanes of at least 4 members (excludes halogenated alkanes) is 3. The number of pyridine rings is 1. The van der Waals surface area contributed by atoms with Gasteiger partial charge in [0, 0.05) is 24.7 Å². The predicted octanol–water partition coefficient (Wildman–Crippen LogP) is 1.24. The number of nitrogens with zero attached hydrogens (tertiary/aromatic N) is 1. The van der Waals surface area contributed by atoms with Crippen LogP contribution in [0.1, 0.15) is 36.0 Å². The van der Waals surface area contributed by atoms with E-state index in [9.17, 15) is 9.59 Å². The van der Waals surface area contributed by atoms with Crippen molar-refractivity contribution < 1.29 is 9.90 Å². The Hall–Kier alpha value is -2.18. The van der Waals surface area contributed by atoms with Crippen LogP contribution in [0.4, 0.5) is 0 Å². The Morgan fingerprint density at radius 1 is 1.12 bits per heavy atom. The molecule has 2 aromatic rings. The fraction of sp³-hybridized carbons (Fsp3) is 0.444. The third kappa shape index (κ3) is 4.66. The molecular formula is C18H25N3O3. The molecule has 0 fully saturated rings. The number of carbonyl (C=O) groups excluding carboxylic acids is 1. The zero-order valence-corrected chi connectivity index (χ0v) is 13.8. The van der Waals surface area contributed by atoms with Gasteiger partial charge in [-0.05, 0) is 49.0 Å². The highest BCUT2D eigenvalue weighted by Crippen LogP contribution is 2.15. The van der Waals surface area contributed by atoms with Crippen LogP contribution in [0.2, 0.25) is 0 Å². The van der Waals surface area contributed by atoms with E-state index in [1.165, 1.54) is 6.07 Å². The van der Waals surface area contributed by atoms with Crippen LogP contribution in [0, 0.1) is 0 Å². The summed E-state index contributed by atoms with van der Waals surface area (Å²) in [4.78, 5) is 24.1. The number of hydrogen-bond acceptors (Lipinski definition) is 4. The first-order valence-electron chi connectivity index (χ1n) is 8.40. The third-order valence-corrected chi connectivity index (χ3v) is 3.99. The molecule has 1 aromatic heterocycles. The first-order valence-corrected chi connectivity index (χ1v) is 8.40. The molecule has 6 heteroatoms. The molecular weight excluding hydrogens is 306 g/mol. The summed E-state index contributed by atoms with van der Waals surface area (Å²) in [5.41, 5.74) is 6.81. The van der Waals surface area contributed by atoms with E-state index >= 15 is 0 Å². The molecule has 0 unspecified atom stereocenters. The molecule has 1 heterocycles. The Kier molecular flexibility index (Phi) is 6.96. The Bertz CT molecular complexity index is 740. The number of aliphatic hydroxyl groups excluding tert-OH is 1. The van der Waals surface area contributed by atoms with Gasteiger partial charge in [0.2, 0.25) is 0 Å². The van der Waals surface area contributed by atoms with E-state index in [1.807, 2.05) is 6.07 Å². The van der Waals surface area contributed by atoms with Crippen LogP contribution in [-0.2, 0) is 6.54 Å². The maximum absolute atomic E-state index is 12.1. The molecule has 0 aliphatic carbocycles. The van der Waals surface area contributed by atoms with Crippen molar-refractivity contribution in [3.8, 4) is 0 Å². The first kappa shape index (κ1) is 18.2. The molecule has 1 aromatic carbocycles. The quantitative estimate of drug-likeness (QED) is 0.602. The van der Waals surface area contributed by atoms with Gasteiger partial charge in [0.1, 0.15) is 0 Å². The number of hydrogen-bond donors (Lipinski definition) is 3. The second-order valence-electron chi connectivity index (χ2n) is 5.78. The molecule has 1 amide bonds. The van der Waals surface area contributed by atoms with Crippen LogP contribution in [0.5, 0.6) is 0 Å². The number of nitrogens with two attached hydrogens (primary N) is 1. The summed E-state index contributed by atoms with van der Waals surface area (Å²) >= 11 is 0. The highest BCUT2D eigenvalue weighted by molar-refractivity contribution is 5.97. The van der Waals surface area contributed by atoms with Gasteiger partial charge in [0.15, 0.2) is 0 Å². The Balaban J connectivity index is 2.18. The lowest BCUT2D eigenvalue weighted by Crippen LogP contribution is -2.26. The maximum atomic E-state index is 12.1. The smallest absolute Gasteiger partial charge is 0.251 e. The van der Waals surface area contributed by atoms with E-state index < -0.39 is 0 Å². The van der Waals surface area contributed by atoms with Crippen LogP contribution in [-0.4, -0.2) is 35.3 Å². The van der Waals surface area contributed by atoms with Gasteiger partial charge in [0.25, 0.3) is 11.5 Å². The fourth-order valence-electron chi connectivity index (χ4n) is 2.71. The lowest BCUT2D eigenvalue weighted by atomic mass is 10.1. The van der Waals surface area contributed by atoms with Crippen molar-refractivity contribution in [3.63, 3.8) is 0 Å². The molecule has 0 aliphatic rings. The molecule has 0 saturated heterocycles. The number of aryl methyl sites for hydroxylation is 1. The fourth-order valence-corrected chi connectivity index (χ4v) is 2.71. The summed E-state index contributed by atoms with van der Waals surface area (Å²) in [6.45, 7) is 1.49. The SMILES string of the molecule is NCCCCCCn1c(=O)ccc2cc(C(=O)NCCO)ccc21. The molecule has 6 nitrogen and oxygen atoms in total. The average Bonchev–Trinajstić information content (AvgIpc) is 2.60. The van der Waals surface area contributed by atoms with Crippen molar-refractivity contribution in [2.24, 2.45) is 5.73 Å². The van der Waals surface area contributed by atoms with Gasteiger partial charge in [-0.15, -0.1) is 0 Å². The minimum Gasteiger partial charge on any atom is -0.395 e. The van der Waals surface area contributed by atoms with Crippen molar-refractivity contribution in [1.82, 2.24) is 9.88 Å². The molecule has 2 rings (SSSR count). The number of amides is 1. The number of rotatable bonds is 9. The van der Waals surface area contributed by atoms with E-state index in [-0.39, 0.29) is 24.6 Å². The van der Waals surface area contributed by atoms with E-state index in [4.69, 9.17) is 10.8 Å². The highest BCUT2D eigenvalue weighted by Gasteiger charge is 2.08. The molecule has 0 radical (unpaired) electrons. The number of nitrogens with one attached hydrogen (secondary N) is 1. The predicted molar refractivity (Wildman–Crippen MR) is 95.1 cm³/mol. The van der Waals surface area contributed by atoms with Crippen molar-refractivity contribution in [3.05, 3.63) is 46.2 Å². The Morgan fingerprint density at radius 2 is 1.92 bits per heavy atom. The minimum atomic E-state index is -0.231. The normalized spacial score (nSPS) is 10.9. The van der Waals surface area contributed by atoms with Crippen LogP contribution in [0.25, 0.3) is 10.9 Å². The lowest BCUT2D eigenvalue weighted by Gasteiger charge is -2.11. The molecule has 0 spiro atoms. The van der Waals surface area contributed by atoms with Gasteiger partial charge in [-0.2, -0.15) is 0 Å². The molecule has 0 atom stereocenters. The van der Waals surface area contributed by atoms with Gasteiger partial charge < -0.3 is 20.7 Å². The van der Waals surface area contributed by atoms with E-state index in [0.717, 1.165) is 36.6 Å². The number of benzene rings is 1. The summed E-state index contributed by atoms with van der Waals surface area (Å²) in [7, 11) is 0. The summed E-state index contributed by atoms with van der Waals surface area (Å²) in [6, 6.07) is 8.57. The van der Waals surface area contributed by atoms with Crippen LogP contribution < -0.4 is 16.6 Å². The number of carbonyl (C=O) groups is 1. The van der Waals surface area contributed by atoms with E-state index in [1.54, 1.807) is 22.8 Å². The topological polar surface area (TPSA) is 97.4 Å². The Labute approximate surface area is 141 Å². The van der Waals surface area contributed by atoms with Gasteiger partial charge in [-0.3, -0.25) is 9.59 Å². The second kappa shape index (κ2) is 9.20. The van der Waals surface area contributed by atoms with Crippen molar-refractivity contribution >= 4 is 16.8 Å². The van der Waals surface area contributed by atoms with Gasteiger partial charge in [0.05, 0.1) is 12.1 Å². The molecule has 0 bridgehead atoms. The summed E-state index contributed by atoms with van der Waals surface area (Å²) in [5, 5.41) is 12.3. The second-order valence-corrected chi connectivity index (χ2v) is 5.78. The van der Waals surface area contributed by atoms with Crippen molar-refractivity contribution in [1.29, 1.82) is 0 Å². The standard InChI is InChI=1S/C18H25N3O3/c19-9-3-1-2-4-11-21-16-7-5-15(18(24)20-10-12-22)13-14(16)6-8-17(21)23/h5-8,13,22H,1-4,9-12,19H2,(H,20,24).